The molecule has 7 heteroatoms. The summed E-state index contributed by atoms with van der Waals surface area (Å²) in [5.41, 5.74) is 1.95. The van der Waals surface area contributed by atoms with Crippen LogP contribution in [0.5, 0.6) is 0 Å². The summed E-state index contributed by atoms with van der Waals surface area (Å²) in [7, 11) is 6.11. The van der Waals surface area contributed by atoms with E-state index in [1.807, 2.05) is 19.3 Å². The molecule has 2 heterocycles. The largest absolute Gasteiger partial charge is 0.360 e. The molecule has 0 unspecified atom stereocenters. The molecule has 0 aromatic carbocycles. The van der Waals surface area contributed by atoms with Gasteiger partial charge in [-0.2, -0.15) is 0 Å². The lowest BCUT2D eigenvalue weighted by molar-refractivity contribution is 0.166. The quantitative estimate of drug-likeness (QED) is 0.178. The van der Waals surface area contributed by atoms with Crippen LogP contribution in [0.25, 0.3) is 0 Å². The zero-order valence-corrected chi connectivity index (χ0v) is 22.6. The fourth-order valence-corrected chi connectivity index (χ4v) is 4.70. The molecule has 0 aliphatic carbocycles. The maximum atomic E-state index is 6.69. The SMILES string of the molecule is C=C/C=C(\C=C/CN1CCN(C)CC1)/C=N/C(Cl)=C(/CC)C(=NC)N(C)CCCN1CCCC1. The number of likely N-dealkylation sites (tertiary alicyclic amines) is 1. The minimum absolute atomic E-state index is 0.497. The smallest absolute Gasteiger partial charge is 0.135 e. The minimum atomic E-state index is 0.497. The van der Waals surface area contributed by atoms with Gasteiger partial charge in [0.25, 0.3) is 0 Å². The highest BCUT2D eigenvalue weighted by atomic mass is 35.5. The molecule has 6 nitrogen and oxygen atoms in total. The Hall–Kier alpha value is -1.73. The third-order valence-corrected chi connectivity index (χ3v) is 6.85. The minimum Gasteiger partial charge on any atom is -0.360 e. The third-order valence-electron chi connectivity index (χ3n) is 6.52. The van der Waals surface area contributed by atoms with Gasteiger partial charge in [0.15, 0.2) is 0 Å². The first kappa shape index (κ1) is 28.5. The summed E-state index contributed by atoms with van der Waals surface area (Å²) in [5, 5.41) is 0.497. The number of rotatable bonds is 12. The van der Waals surface area contributed by atoms with Crippen LogP contribution in [0.4, 0.5) is 0 Å². The van der Waals surface area contributed by atoms with Crippen molar-refractivity contribution in [2.45, 2.75) is 32.6 Å². The van der Waals surface area contributed by atoms with Gasteiger partial charge in [-0.3, -0.25) is 9.89 Å². The van der Waals surface area contributed by atoms with Crippen molar-refractivity contribution in [1.82, 2.24) is 19.6 Å². The number of likely N-dealkylation sites (N-methyl/N-ethyl adjacent to an activating group) is 2. The number of hydrogen-bond acceptors (Lipinski definition) is 5. The highest BCUT2D eigenvalue weighted by molar-refractivity contribution is 6.32. The molecule has 0 N–H and O–H groups in total. The summed E-state index contributed by atoms with van der Waals surface area (Å²) in [4.78, 5) is 18.8. The lowest BCUT2D eigenvalue weighted by atomic mass is 10.1. The highest BCUT2D eigenvalue weighted by Crippen LogP contribution is 2.19. The Balaban J connectivity index is 1.98. The lowest BCUT2D eigenvalue weighted by Crippen LogP contribution is -2.44. The Morgan fingerprint density at radius 1 is 1.09 bits per heavy atom. The van der Waals surface area contributed by atoms with Gasteiger partial charge in [-0.05, 0) is 57.9 Å². The van der Waals surface area contributed by atoms with Crippen LogP contribution in [0, 0.1) is 0 Å². The van der Waals surface area contributed by atoms with E-state index >= 15 is 0 Å². The van der Waals surface area contributed by atoms with E-state index in [9.17, 15) is 0 Å². The van der Waals surface area contributed by atoms with Crippen LogP contribution in [0.3, 0.4) is 0 Å². The van der Waals surface area contributed by atoms with E-state index < -0.39 is 0 Å². The second-order valence-corrected chi connectivity index (χ2v) is 9.52. The molecule has 0 atom stereocenters. The third kappa shape index (κ3) is 9.87. The molecule has 0 bridgehead atoms. The number of piperazine rings is 1. The van der Waals surface area contributed by atoms with Crippen molar-refractivity contribution in [1.29, 1.82) is 0 Å². The summed E-state index contributed by atoms with van der Waals surface area (Å²) in [6, 6.07) is 0. The summed E-state index contributed by atoms with van der Waals surface area (Å²) in [5.74, 6) is 0.922. The Morgan fingerprint density at radius 3 is 2.41 bits per heavy atom. The predicted molar refractivity (Wildman–Crippen MR) is 149 cm³/mol. The first-order valence-corrected chi connectivity index (χ1v) is 13.1. The highest BCUT2D eigenvalue weighted by Gasteiger charge is 2.16. The molecule has 2 fully saturated rings. The summed E-state index contributed by atoms with van der Waals surface area (Å²) < 4.78 is 0. The van der Waals surface area contributed by atoms with Crippen LogP contribution >= 0.6 is 11.6 Å². The standard InChI is InChI=1S/C27H45ClN6/c1-6-12-24(13-10-17-34-21-19-31(4)20-22-34)23-30-26(28)25(7-2)27(29-3)32(5)14-11-18-33-15-8-9-16-33/h6,10,12-13,23H,1,7-9,11,14-22H2,2-5H3/b13-10-,24-12+,26-25-,29-27?,30-23+. The molecule has 0 amide bonds. The van der Waals surface area contributed by atoms with Gasteiger partial charge in [-0.25, -0.2) is 4.99 Å². The average Bonchev–Trinajstić information content (AvgIpc) is 3.35. The van der Waals surface area contributed by atoms with E-state index in [2.05, 4.69) is 69.3 Å². The van der Waals surface area contributed by atoms with E-state index in [-0.39, 0.29) is 0 Å². The first-order chi connectivity index (χ1) is 16.5. The van der Waals surface area contributed by atoms with Crippen LogP contribution in [0.2, 0.25) is 0 Å². The average molecular weight is 489 g/mol. The van der Waals surface area contributed by atoms with E-state index in [1.54, 1.807) is 6.08 Å². The number of allylic oxidation sites excluding steroid dienone is 4. The van der Waals surface area contributed by atoms with Gasteiger partial charge >= 0.3 is 0 Å². The fraction of sp³-hybridized carbons (Fsp3) is 0.630. The Bertz CT molecular complexity index is 768. The first-order valence-electron chi connectivity index (χ1n) is 12.7. The Kier molecular flexibility index (Phi) is 13.4. The van der Waals surface area contributed by atoms with Crippen molar-refractivity contribution in [2.24, 2.45) is 9.98 Å². The maximum Gasteiger partial charge on any atom is 0.135 e. The molecule has 2 aliphatic rings. The molecule has 2 aliphatic heterocycles. The van der Waals surface area contributed by atoms with Gasteiger partial charge in [0, 0.05) is 65.2 Å². The van der Waals surface area contributed by atoms with Crippen LogP contribution < -0.4 is 0 Å². The van der Waals surface area contributed by atoms with Crippen molar-refractivity contribution in [3.05, 3.63) is 47.2 Å². The van der Waals surface area contributed by atoms with Crippen molar-refractivity contribution in [3.8, 4) is 0 Å². The number of amidine groups is 1. The summed E-state index contributed by atoms with van der Waals surface area (Å²) in [6.07, 6.45) is 14.4. The molecule has 0 aromatic heterocycles. The van der Waals surface area contributed by atoms with Crippen molar-refractivity contribution in [3.63, 3.8) is 0 Å². The monoisotopic (exact) mass is 488 g/mol. The van der Waals surface area contributed by atoms with E-state index in [1.165, 1.54) is 25.9 Å². The predicted octanol–water partition coefficient (Wildman–Crippen LogP) is 4.28. The van der Waals surface area contributed by atoms with Crippen LogP contribution in [0.15, 0.2) is 57.2 Å². The maximum absolute atomic E-state index is 6.69. The van der Waals surface area contributed by atoms with Gasteiger partial charge in [0.2, 0.25) is 0 Å². The summed E-state index contributed by atoms with van der Waals surface area (Å²) >= 11 is 6.69. The van der Waals surface area contributed by atoms with E-state index in [0.717, 1.165) is 75.6 Å². The summed E-state index contributed by atoms with van der Waals surface area (Å²) in [6.45, 7) is 15.9. The second-order valence-electron chi connectivity index (χ2n) is 9.16. The normalized spacial score (nSPS) is 20.5. The van der Waals surface area contributed by atoms with Crippen molar-refractivity contribution >= 4 is 23.7 Å². The molecule has 0 saturated carbocycles. The zero-order valence-electron chi connectivity index (χ0n) is 21.8. The molecule has 2 rings (SSSR count). The van der Waals surface area contributed by atoms with Gasteiger partial charge < -0.3 is 14.7 Å². The Labute approximate surface area is 213 Å². The van der Waals surface area contributed by atoms with E-state index in [4.69, 9.17) is 11.6 Å². The van der Waals surface area contributed by atoms with Crippen molar-refractivity contribution < 1.29 is 0 Å². The van der Waals surface area contributed by atoms with Crippen molar-refractivity contribution in [2.75, 3.05) is 80.0 Å². The fourth-order valence-electron chi connectivity index (χ4n) is 4.43. The van der Waals surface area contributed by atoms with Gasteiger partial charge in [0.05, 0.1) is 0 Å². The Morgan fingerprint density at radius 2 is 1.79 bits per heavy atom. The van der Waals surface area contributed by atoms with Crippen LogP contribution in [0.1, 0.15) is 32.6 Å². The topological polar surface area (TPSA) is 37.7 Å². The number of halogens is 1. The number of nitrogens with zero attached hydrogens (tertiary/aromatic N) is 6. The van der Waals surface area contributed by atoms with Crippen LogP contribution in [-0.2, 0) is 0 Å². The molecule has 0 radical (unpaired) electrons. The molecule has 190 valence electrons. The van der Waals surface area contributed by atoms with Gasteiger partial charge in [0.1, 0.15) is 11.0 Å². The molecule has 34 heavy (non-hydrogen) atoms. The number of aliphatic imine (C=N–C) groups is 2. The molecule has 0 spiro atoms. The van der Waals surface area contributed by atoms with Gasteiger partial charge in [-0.1, -0.05) is 49.4 Å². The second kappa shape index (κ2) is 16.0. The lowest BCUT2D eigenvalue weighted by Gasteiger charge is -2.31. The van der Waals surface area contributed by atoms with Gasteiger partial charge in [-0.15, -0.1) is 0 Å². The number of hydrogen-bond donors (Lipinski definition) is 0. The van der Waals surface area contributed by atoms with Crippen LogP contribution in [-0.4, -0.2) is 112 Å². The van der Waals surface area contributed by atoms with E-state index in [0.29, 0.717) is 5.16 Å². The molecule has 0 aromatic rings. The molecule has 2 saturated heterocycles. The molecular formula is C27H45ClN6. The zero-order chi connectivity index (χ0) is 24.8. The molecular weight excluding hydrogens is 444 g/mol.